The first kappa shape index (κ1) is 18.0. The molecule has 2 aliphatic rings. The van der Waals surface area contributed by atoms with Crippen LogP contribution in [0, 0.1) is 0 Å². The molecular weight excluding hydrogens is 362 g/mol. The van der Waals surface area contributed by atoms with Crippen molar-refractivity contribution in [3.8, 4) is 0 Å². The summed E-state index contributed by atoms with van der Waals surface area (Å²) in [5, 5.41) is 7.90. The number of nitrogens with zero attached hydrogens (tertiary/aromatic N) is 1. The van der Waals surface area contributed by atoms with Crippen LogP contribution in [0.1, 0.15) is 33.6 Å². The number of hydrogen-bond acceptors (Lipinski definition) is 4. The van der Waals surface area contributed by atoms with Gasteiger partial charge < -0.3 is 20.3 Å². The maximum absolute atomic E-state index is 12.5. The molecule has 3 amide bonds. The fourth-order valence-corrected chi connectivity index (χ4v) is 4.33. The molecule has 1 saturated heterocycles. The maximum atomic E-state index is 12.5. The summed E-state index contributed by atoms with van der Waals surface area (Å²) in [6, 6.07) is 8.96. The van der Waals surface area contributed by atoms with Crippen molar-refractivity contribution in [2.75, 3.05) is 25.0 Å². The number of thiophene rings is 1. The number of anilines is 1. The van der Waals surface area contributed by atoms with Crippen molar-refractivity contribution < 1.29 is 14.3 Å². The van der Waals surface area contributed by atoms with Crippen LogP contribution in [0.3, 0.4) is 0 Å². The summed E-state index contributed by atoms with van der Waals surface area (Å²) < 4.78 is 5.51. The molecule has 1 unspecified atom stereocenters. The number of carbonyl (C=O) groups excluding carboxylic acids is 2. The number of hydrogen-bond donors (Lipinski definition) is 2. The Morgan fingerprint density at radius 2 is 2.07 bits per heavy atom. The van der Waals surface area contributed by atoms with Crippen LogP contribution in [0.5, 0.6) is 0 Å². The largest absolute Gasteiger partial charge is 0.376 e. The van der Waals surface area contributed by atoms with Crippen molar-refractivity contribution in [1.82, 2.24) is 10.2 Å². The second kappa shape index (κ2) is 8.10. The van der Waals surface area contributed by atoms with Gasteiger partial charge in [-0.2, -0.15) is 0 Å². The Hall–Kier alpha value is -2.38. The Morgan fingerprint density at radius 1 is 1.22 bits per heavy atom. The SMILES string of the molecule is O=C(NCC1CCCO1)c1ccc(NC(=O)N2CCc3sccc3C2)cc1. The first-order valence-corrected chi connectivity index (χ1v) is 10.2. The second-order valence-corrected chi connectivity index (χ2v) is 7.89. The standard InChI is InChI=1S/C20H23N3O3S/c24-19(21-12-17-2-1-10-26-17)14-3-5-16(6-4-14)22-20(25)23-9-7-18-15(13-23)8-11-27-18/h3-6,8,11,17H,1-2,7,9-10,12-13H2,(H,21,24)(H,22,25). The van der Waals surface area contributed by atoms with Crippen LogP contribution >= 0.6 is 11.3 Å². The van der Waals surface area contributed by atoms with E-state index in [1.165, 1.54) is 10.4 Å². The fraction of sp³-hybridized carbons (Fsp3) is 0.400. The van der Waals surface area contributed by atoms with Gasteiger partial charge in [0.1, 0.15) is 0 Å². The summed E-state index contributed by atoms with van der Waals surface area (Å²) in [5.41, 5.74) is 2.50. The predicted octanol–water partition coefficient (Wildman–Crippen LogP) is 3.25. The van der Waals surface area contributed by atoms with Gasteiger partial charge in [-0.1, -0.05) is 0 Å². The molecule has 0 bridgehead atoms. The van der Waals surface area contributed by atoms with Crippen LogP contribution < -0.4 is 10.6 Å². The monoisotopic (exact) mass is 385 g/mol. The third-order valence-electron chi connectivity index (χ3n) is 5.01. The van der Waals surface area contributed by atoms with Gasteiger partial charge in [0.2, 0.25) is 0 Å². The lowest BCUT2D eigenvalue weighted by atomic mass is 10.1. The predicted molar refractivity (Wildman–Crippen MR) is 105 cm³/mol. The van der Waals surface area contributed by atoms with E-state index < -0.39 is 0 Å². The molecule has 2 aliphatic heterocycles. The molecule has 4 rings (SSSR count). The molecule has 3 heterocycles. The highest BCUT2D eigenvalue weighted by atomic mass is 32.1. The second-order valence-electron chi connectivity index (χ2n) is 6.89. The highest BCUT2D eigenvalue weighted by molar-refractivity contribution is 7.10. The molecule has 6 nitrogen and oxygen atoms in total. The van der Waals surface area contributed by atoms with Crippen molar-refractivity contribution >= 4 is 29.0 Å². The summed E-state index contributed by atoms with van der Waals surface area (Å²) in [4.78, 5) is 27.9. The molecule has 1 fully saturated rings. The lowest BCUT2D eigenvalue weighted by Gasteiger charge is -2.27. The molecule has 0 radical (unpaired) electrons. The Bertz CT molecular complexity index is 812. The number of urea groups is 1. The van der Waals surface area contributed by atoms with Gasteiger partial charge in [-0.15, -0.1) is 11.3 Å². The first-order chi connectivity index (χ1) is 13.2. The van der Waals surface area contributed by atoms with E-state index in [0.29, 0.717) is 24.3 Å². The van der Waals surface area contributed by atoms with E-state index in [4.69, 9.17) is 4.74 Å². The van der Waals surface area contributed by atoms with Crippen LogP contribution in [0.25, 0.3) is 0 Å². The number of rotatable bonds is 4. The number of carbonyl (C=O) groups is 2. The Labute approximate surface area is 162 Å². The highest BCUT2D eigenvalue weighted by Crippen LogP contribution is 2.24. The number of nitrogens with one attached hydrogen (secondary N) is 2. The quantitative estimate of drug-likeness (QED) is 0.849. The van der Waals surface area contributed by atoms with Crippen molar-refractivity contribution in [3.05, 3.63) is 51.7 Å². The third-order valence-corrected chi connectivity index (χ3v) is 6.03. The van der Waals surface area contributed by atoms with E-state index >= 15 is 0 Å². The highest BCUT2D eigenvalue weighted by Gasteiger charge is 2.21. The van der Waals surface area contributed by atoms with Gasteiger partial charge in [0.15, 0.2) is 0 Å². The summed E-state index contributed by atoms with van der Waals surface area (Å²) in [6.07, 6.45) is 3.08. The van der Waals surface area contributed by atoms with Crippen molar-refractivity contribution in [2.24, 2.45) is 0 Å². The summed E-state index contributed by atoms with van der Waals surface area (Å²) in [5.74, 6) is -0.121. The number of ether oxygens (including phenoxy) is 1. The van der Waals surface area contributed by atoms with Gasteiger partial charge in [-0.05, 0) is 60.5 Å². The van der Waals surface area contributed by atoms with Crippen molar-refractivity contribution in [3.63, 3.8) is 0 Å². The zero-order chi connectivity index (χ0) is 18.6. The van der Waals surface area contributed by atoms with Gasteiger partial charge in [0.25, 0.3) is 5.91 Å². The zero-order valence-corrected chi connectivity index (χ0v) is 15.9. The van der Waals surface area contributed by atoms with Crippen LogP contribution in [0.2, 0.25) is 0 Å². The molecule has 1 aromatic carbocycles. The Morgan fingerprint density at radius 3 is 2.85 bits per heavy atom. The number of amides is 3. The minimum Gasteiger partial charge on any atom is -0.376 e. The molecule has 7 heteroatoms. The fourth-order valence-electron chi connectivity index (χ4n) is 3.44. The van der Waals surface area contributed by atoms with E-state index in [1.54, 1.807) is 35.6 Å². The first-order valence-electron chi connectivity index (χ1n) is 9.30. The molecular formula is C20H23N3O3S. The maximum Gasteiger partial charge on any atom is 0.322 e. The van der Waals surface area contributed by atoms with Gasteiger partial charge in [-0.25, -0.2) is 4.79 Å². The number of fused-ring (bicyclic) bond motifs is 1. The van der Waals surface area contributed by atoms with Gasteiger partial charge in [0.05, 0.1) is 6.10 Å². The lowest BCUT2D eigenvalue weighted by Crippen LogP contribution is -2.38. The smallest absolute Gasteiger partial charge is 0.322 e. The van der Waals surface area contributed by atoms with Gasteiger partial charge in [-0.3, -0.25) is 4.79 Å². The Kier molecular flexibility index (Phi) is 5.40. The average Bonchev–Trinajstić information content (AvgIpc) is 3.37. The van der Waals surface area contributed by atoms with E-state index in [9.17, 15) is 9.59 Å². The zero-order valence-electron chi connectivity index (χ0n) is 15.1. The van der Waals surface area contributed by atoms with E-state index in [2.05, 4.69) is 22.1 Å². The van der Waals surface area contributed by atoms with E-state index in [1.807, 2.05) is 4.90 Å². The van der Waals surface area contributed by atoms with Gasteiger partial charge in [0, 0.05) is 42.4 Å². The molecule has 1 aromatic heterocycles. The molecule has 27 heavy (non-hydrogen) atoms. The minimum absolute atomic E-state index is 0.109. The third kappa shape index (κ3) is 4.31. The summed E-state index contributed by atoms with van der Waals surface area (Å²) >= 11 is 1.76. The Balaban J connectivity index is 1.29. The molecule has 0 spiro atoms. The average molecular weight is 385 g/mol. The molecule has 142 valence electrons. The van der Waals surface area contributed by atoms with E-state index in [-0.39, 0.29) is 18.0 Å². The van der Waals surface area contributed by atoms with Crippen LogP contribution in [0.15, 0.2) is 35.7 Å². The summed E-state index contributed by atoms with van der Waals surface area (Å²) in [7, 11) is 0. The molecule has 0 aliphatic carbocycles. The van der Waals surface area contributed by atoms with Gasteiger partial charge >= 0.3 is 6.03 Å². The van der Waals surface area contributed by atoms with Crippen molar-refractivity contribution in [2.45, 2.75) is 31.9 Å². The molecule has 2 aromatic rings. The van der Waals surface area contributed by atoms with Crippen molar-refractivity contribution in [1.29, 1.82) is 0 Å². The molecule has 1 atom stereocenters. The van der Waals surface area contributed by atoms with Crippen LogP contribution in [-0.4, -0.2) is 42.6 Å². The minimum atomic E-state index is -0.121. The lowest BCUT2D eigenvalue weighted by molar-refractivity contribution is 0.0858. The van der Waals surface area contributed by atoms with Crippen LogP contribution in [0.4, 0.5) is 10.5 Å². The topological polar surface area (TPSA) is 70.7 Å². The van der Waals surface area contributed by atoms with Crippen LogP contribution in [-0.2, 0) is 17.7 Å². The number of benzene rings is 1. The van der Waals surface area contributed by atoms with E-state index in [0.717, 1.165) is 32.4 Å². The molecule has 2 N–H and O–H groups in total. The molecule has 0 saturated carbocycles. The summed E-state index contributed by atoms with van der Waals surface area (Å²) in [6.45, 7) is 2.69. The normalized spacial score (nSPS) is 18.8.